The quantitative estimate of drug-likeness (QED) is 0.928. The van der Waals surface area contributed by atoms with Crippen LogP contribution in [0.1, 0.15) is 31.7 Å². The minimum absolute atomic E-state index is 0.0272. The summed E-state index contributed by atoms with van der Waals surface area (Å²) in [4.78, 5) is 26.0. The third kappa shape index (κ3) is 2.23. The molecule has 0 unspecified atom stereocenters. The second-order valence-electron chi connectivity index (χ2n) is 6.43. The van der Waals surface area contributed by atoms with Crippen LogP contribution in [0.4, 0.5) is 0 Å². The fourth-order valence-corrected chi connectivity index (χ4v) is 3.67. The highest BCUT2D eigenvalue weighted by molar-refractivity contribution is 5.90. The van der Waals surface area contributed by atoms with Crippen molar-refractivity contribution in [1.29, 1.82) is 0 Å². The first kappa shape index (κ1) is 14.1. The summed E-state index contributed by atoms with van der Waals surface area (Å²) in [6.45, 7) is 2.83. The zero-order valence-corrected chi connectivity index (χ0v) is 12.3. The second kappa shape index (κ2) is 5.17. The molecule has 2 fully saturated rings. The Kier molecular flexibility index (Phi) is 3.47. The summed E-state index contributed by atoms with van der Waals surface area (Å²) >= 11 is 0. The fourth-order valence-electron chi connectivity index (χ4n) is 3.67. The Morgan fingerprint density at radius 1 is 1.19 bits per heavy atom. The number of hydrogen-bond donors (Lipinski definition) is 1. The lowest BCUT2D eigenvalue weighted by molar-refractivity contribution is -0.143. The first-order valence-corrected chi connectivity index (χ1v) is 7.62. The molecule has 1 saturated heterocycles. The SMILES string of the molecule is C[C@@H]1CN(C(=O)C2(c3ccccc3)CCC2)C[C@H]1C(=O)O. The van der Waals surface area contributed by atoms with Crippen LogP contribution in [0.5, 0.6) is 0 Å². The molecule has 0 bridgehead atoms. The van der Waals surface area contributed by atoms with Crippen LogP contribution >= 0.6 is 0 Å². The van der Waals surface area contributed by atoms with Gasteiger partial charge in [-0.3, -0.25) is 9.59 Å². The normalized spacial score (nSPS) is 27.2. The van der Waals surface area contributed by atoms with Gasteiger partial charge in [-0.2, -0.15) is 0 Å². The number of benzene rings is 1. The van der Waals surface area contributed by atoms with E-state index in [2.05, 4.69) is 0 Å². The molecule has 0 spiro atoms. The number of carboxylic acid groups (broad SMARTS) is 1. The molecule has 0 aromatic heterocycles. The summed E-state index contributed by atoms with van der Waals surface area (Å²) in [5.41, 5.74) is 0.668. The van der Waals surface area contributed by atoms with Gasteiger partial charge in [0.1, 0.15) is 0 Å². The molecule has 2 aliphatic rings. The van der Waals surface area contributed by atoms with Gasteiger partial charge in [0.15, 0.2) is 0 Å². The van der Waals surface area contributed by atoms with Crippen molar-refractivity contribution in [2.45, 2.75) is 31.6 Å². The molecule has 2 atom stereocenters. The highest BCUT2D eigenvalue weighted by Gasteiger charge is 2.50. The van der Waals surface area contributed by atoms with Gasteiger partial charge in [0.25, 0.3) is 0 Å². The Morgan fingerprint density at radius 3 is 2.33 bits per heavy atom. The minimum atomic E-state index is -0.792. The Bertz CT molecular complexity index is 550. The standard InChI is InChI=1S/C17H21NO3/c1-12-10-18(11-14(12)15(19)20)16(21)17(8-5-9-17)13-6-3-2-4-7-13/h2-4,6-7,12,14H,5,8-11H2,1H3,(H,19,20)/t12-,14-/m1/s1. The maximum atomic E-state index is 13.0. The summed E-state index contributed by atoms with van der Waals surface area (Å²) in [5.74, 6) is -1.07. The number of amides is 1. The molecule has 1 amide bonds. The van der Waals surface area contributed by atoms with E-state index < -0.39 is 17.3 Å². The van der Waals surface area contributed by atoms with Crippen molar-refractivity contribution >= 4 is 11.9 Å². The van der Waals surface area contributed by atoms with Gasteiger partial charge < -0.3 is 10.0 Å². The van der Waals surface area contributed by atoms with E-state index in [1.165, 1.54) is 0 Å². The zero-order valence-electron chi connectivity index (χ0n) is 12.3. The zero-order chi connectivity index (χ0) is 15.0. The highest BCUT2D eigenvalue weighted by Crippen LogP contribution is 2.46. The van der Waals surface area contributed by atoms with Crippen molar-refractivity contribution in [2.24, 2.45) is 11.8 Å². The molecule has 21 heavy (non-hydrogen) atoms. The molecule has 0 radical (unpaired) electrons. The van der Waals surface area contributed by atoms with Crippen molar-refractivity contribution in [3.05, 3.63) is 35.9 Å². The molecule has 3 rings (SSSR count). The van der Waals surface area contributed by atoms with E-state index in [4.69, 9.17) is 0 Å². The summed E-state index contributed by atoms with van der Waals surface area (Å²) in [7, 11) is 0. The van der Waals surface area contributed by atoms with Crippen LogP contribution in [-0.4, -0.2) is 35.0 Å². The van der Waals surface area contributed by atoms with Gasteiger partial charge in [0.2, 0.25) is 5.91 Å². The lowest BCUT2D eigenvalue weighted by atomic mass is 9.63. The summed E-state index contributed by atoms with van der Waals surface area (Å²) in [6, 6.07) is 9.93. The van der Waals surface area contributed by atoms with Crippen LogP contribution in [0, 0.1) is 11.8 Å². The van der Waals surface area contributed by atoms with Crippen molar-refractivity contribution < 1.29 is 14.7 Å². The average molecular weight is 287 g/mol. The van der Waals surface area contributed by atoms with E-state index in [-0.39, 0.29) is 11.8 Å². The number of aliphatic carboxylic acids is 1. The van der Waals surface area contributed by atoms with Gasteiger partial charge in [-0.25, -0.2) is 0 Å². The Balaban J connectivity index is 1.83. The maximum absolute atomic E-state index is 13.0. The van der Waals surface area contributed by atoms with E-state index in [0.29, 0.717) is 13.1 Å². The van der Waals surface area contributed by atoms with Crippen molar-refractivity contribution in [1.82, 2.24) is 4.90 Å². The third-order valence-corrected chi connectivity index (χ3v) is 5.16. The number of likely N-dealkylation sites (tertiary alicyclic amines) is 1. The molecular formula is C17H21NO3. The molecule has 1 saturated carbocycles. The second-order valence-corrected chi connectivity index (χ2v) is 6.43. The number of carbonyl (C=O) groups excluding carboxylic acids is 1. The lowest BCUT2D eigenvalue weighted by Gasteiger charge is -2.43. The third-order valence-electron chi connectivity index (χ3n) is 5.16. The first-order chi connectivity index (χ1) is 10.0. The molecule has 1 heterocycles. The molecule has 112 valence electrons. The largest absolute Gasteiger partial charge is 0.481 e. The van der Waals surface area contributed by atoms with Gasteiger partial charge in [-0.05, 0) is 24.3 Å². The summed E-state index contributed by atoms with van der Waals surface area (Å²) < 4.78 is 0. The molecule has 1 aromatic rings. The molecule has 1 aromatic carbocycles. The summed E-state index contributed by atoms with van der Waals surface area (Å²) in [5, 5.41) is 9.24. The van der Waals surface area contributed by atoms with Crippen LogP contribution < -0.4 is 0 Å². The maximum Gasteiger partial charge on any atom is 0.308 e. The Hall–Kier alpha value is -1.84. The van der Waals surface area contributed by atoms with E-state index in [9.17, 15) is 14.7 Å². The number of hydrogen-bond acceptors (Lipinski definition) is 2. The fraction of sp³-hybridized carbons (Fsp3) is 0.529. The van der Waals surface area contributed by atoms with E-state index in [1.807, 2.05) is 37.3 Å². The first-order valence-electron chi connectivity index (χ1n) is 7.62. The minimum Gasteiger partial charge on any atom is -0.481 e. The Labute approximate surface area is 124 Å². The van der Waals surface area contributed by atoms with Crippen LogP contribution in [0.25, 0.3) is 0 Å². The van der Waals surface area contributed by atoms with Gasteiger partial charge in [-0.15, -0.1) is 0 Å². The van der Waals surface area contributed by atoms with E-state index >= 15 is 0 Å². The van der Waals surface area contributed by atoms with Crippen LogP contribution in [-0.2, 0) is 15.0 Å². The van der Waals surface area contributed by atoms with Crippen molar-refractivity contribution in [3.8, 4) is 0 Å². The molecule has 1 aliphatic carbocycles. The van der Waals surface area contributed by atoms with Gasteiger partial charge in [-0.1, -0.05) is 43.7 Å². The number of nitrogens with zero attached hydrogens (tertiary/aromatic N) is 1. The predicted octanol–water partition coefficient (Wildman–Crippen LogP) is 2.29. The lowest BCUT2D eigenvalue weighted by Crippen LogP contribution is -2.50. The smallest absolute Gasteiger partial charge is 0.308 e. The van der Waals surface area contributed by atoms with E-state index in [1.54, 1.807) is 4.90 Å². The average Bonchev–Trinajstić information content (AvgIpc) is 2.81. The topological polar surface area (TPSA) is 57.6 Å². The number of carbonyl (C=O) groups is 2. The van der Waals surface area contributed by atoms with Crippen LogP contribution in [0.2, 0.25) is 0 Å². The van der Waals surface area contributed by atoms with Gasteiger partial charge >= 0.3 is 5.97 Å². The number of rotatable bonds is 3. The van der Waals surface area contributed by atoms with Crippen molar-refractivity contribution in [3.63, 3.8) is 0 Å². The van der Waals surface area contributed by atoms with Gasteiger partial charge in [0, 0.05) is 13.1 Å². The highest BCUT2D eigenvalue weighted by atomic mass is 16.4. The van der Waals surface area contributed by atoms with Gasteiger partial charge in [0.05, 0.1) is 11.3 Å². The summed E-state index contributed by atoms with van der Waals surface area (Å²) in [6.07, 6.45) is 2.81. The predicted molar refractivity (Wildman–Crippen MR) is 78.8 cm³/mol. The van der Waals surface area contributed by atoms with Crippen molar-refractivity contribution in [2.75, 3.05) is 13.1 Å². The molecule has 4 heteroatoms. The van der Waals surface area contributed by atoms with E-state index in [0.717, 1.165) is 24.8 Å². The van der Waals surface area contributed by atoms with Crippen LogP contribution in [0.3, 0.4) is 0 Å². The molecule has 4 nitrogen and oxygen atoms in total. The van der Waals surface area contributed by atoms with Crippen LogP contribution in [0.15, 0.2) is 30.3 Å². The molecule has 1 N–H and O–H groups in total. The number of carboxylic acids is 1. The Morgan fingerprint density at radius 2 is 1.86 bits per heavy atom. The molecular weight excluding hydrogens is 266 g/mol. The molecule has 1 aliphatic heterocycles. The monoisotopic (exact) mass is 287 g/mol.